The maximum Gasteiger partial charge on any atom is 0.190 e. The lowest BCUT2D eigenvalue weighted by molar-refractivity contribution is 0.296. The quantitative estimate of drug-likeness (QED) is 0.601. The highest BCUT2D eigenvalue weighted by molar-refractivity contribution is 7.99. The van der Waals surface area contributed by atoms with Crippen LogP contribution >= 0.6 is 11.8 Å². The molecule has 6 heteroatoms. The molecule has 1 aliphatic rings. The Balaban J connectivity index is 1.98. The van der Waals surface area contributed by atoms with E-state index in [1.165, 1.54) is 12.8 Å². The van der Waals surface area contributed by atoms with E-state index in [-0.39, 0.29) is 6.61 Å². The Morgan fingerprint density at radius 1 is 1.53 bits per heavy atom. The van der Waals surface area contributed by atoms with E-state index in [2.05, 4.69) is 20.1 Å². The minimum Gasteiger partial charge on any atom is -0.396 e. The second-order valence-corrected chi connectivity index (χ2v) is 5.43. The van der Waals surface area contributed by atoms with Gasteiger partial charge in [0.2, 0.25) is 0 Å². The maximum absolute atomic E-state index is 8.76. The molecule has 0 amide bonds. The van der Waals surface area contributed by atoms with Gasteiger partial charge < -0.3 is 15.0 Å². The van der Waals surface area contributed by atoms with E-state index < -0.39 is 0 Å². The van der Waals surface area contributed by atoms with Crippen molar-refractivity contribution in [3.05, 3.63) is 5.82 Å². The number of nitrogens with zero attached hydrogens (tertiary/aromatic N) is 3. The van der Waals surface area contributed by atoms with Crippen LogP contribution in [0.3, 0.4) is 0 Å². The molecule has 5 nitrogen and oxygen atoms in total. The van der Waals surface area contributed by atoms with Crippen LogP contribution in [0.15, 0.2) is 5.16 Å². The van der Waals surface area contributed by atoms with E-state index in [9.17, 15) is 0 Å². The molecule has 1 fully saturated rings. The van der Waals surface area contributed by atoms with Crippen molar-refractivity contribution in [2.75, 3.05) is 25.4 Å². The average molecular weight is 256 g/mol. The number of aromatic nitrogens is 3. The predicted molar refractivity (Wildman–Crippen MR) is 68.3 cm³/mol. The molecular weight excluding hydrogens is 236 g/mol. The molecule has 2 heterocycles. The standard InChI is InChI=1S/C11H20N4OS/c1-15-10(9-4-2-5-12-8-9)13-14-11(15)17-7-3-6-16/h9,12,16H,2-8H2,1H3. The van der Waals surface area contributed by atoms with Crippen molar-refractivity contribution < 1.29 is 5.11 Å². The monoisotopic (exact) mass is 256 g/mol. The molecule has 0 spiro atoms. The van der Waals surface area contributed by atoms with E-state index in [1.807, 2.05) is 7.05 Å². The Hall–Kier alpha value is -0.590. The molecule has 0 bridgehead atoms. The molecule has 1 saturated heterocycles. The van der Waals surface area contributed by atoms with Crippen molar-refractivity contribution in [1.29, 1.82) is 0 Å². The van der Waals surface area contributed by atoms with Crippen molar-refractivity contribution >= 4 is 11.8 Å². The highest BCUT2D eigenvalue weighted by Gasteiger charge is 2.21. The van der Waals surface area contributed by atoms with E-state index in [0.29, 0.717) is 5.92 Å². The van der Waals surface area contributed by atoms with E-state index in [1.54, 1.807) is 11.8 Å². The summed E-state index contributed by atoms with van der Waals surface area (Å²) >= 11 is 1.67. The predicted octanol–water partition coefficient (Wildman–Crippen LogP) is 0.757. The average Bonchev–Trinajstić information content (AvgIpc) is 2.73. The van der Waals surface area contributed by atoms with Crippen LogP contribution in [-0.4, -0.2) is 45.3 Å². The lowest BCUT2D eigenvalue weighted by Crippen LogP contribution is -2.29. The molecule has 2 N–H and O–H groups in total. The summed E-state index contributed by atoms with van der Waals surface area (Å²) < 4.78 is 2.10. The molecule has 2 rings (SSSR count). The molecular formula is C11H20N4OS. The molecule has 17 heavy (non-hydrogen) atoms. The van der Waals surface area contributed by atoms with Crippen LogP contribution in [0, 0.1) is 0 Å². The summed E-state index contributed by atoms with van der Waals surface area (Å²) in [6, 6.07) is 0. The normalized spacial score (nSPS) is 20.7. The smallest absolute Gasteiger partial charge is 0.190 e. The van der Waals surface area contributed by atoms with Crippen LogP contribution < -0.4 is 5.32 Å². The van der Waals surface area contributed by atoms with Gasteiger partial charge in [-0.1, -0.05) is 11.8 Å². The first kappa shape index (κ1) is 12.9. The van der Waals surface area contributed by atoms with Crippen LogP contribution in [0.1, 0.15) is 31.0 Å². The first-order valence-electron chi connectivity index (χ1n) is 6.16. The Morgan fingerprint density at radius 2 is 2.41 bits per heavy atom. The van der Waals surface area contributed by atoms with Gasteiger partial charge in [0, 0.05) is 31.9 Å². The largest absolute Gasteiger partial charge is 0.396 e. The van der Waals surface area contributed by atoms with Gasteiger partial charge in [0.1, 0.15) is 5.82 Å². The van der Waals surface area contributed by atoms with E-state index >= 15 is 0 Å². The molecule has 0 saturated carbocycles. The van der Waals surface area contributed by atoms with Crippen LogP contribution in [0.25, 0.3) is 0 Å². The first-order valence-corrected chi connectivity index (χ1v) is 7.15. The third kappa shape index (κ3) is 3.20. The molecule has 1 aliphatic heterocycles. The van der Waals surface area contributed by atoms with Gasteiger partial charge in [-0.25, -0.2) is 0 Å². The fourth-order valence-electron chi connectivity index (χ4n) is 2.11. The van der Waals surface area contributed by atoms with Crippen LogP contribution in [0.5, 0.6) is 0 Å². The van der Waals surface area contributed by atoms with Gasteiger partial charge in [0.15, 0.2) is 5.16 Å². The Kier molecular flexibility index (Phi) is 4.82. The fourth-order valence-corrected chi connectivity index (χ4v) is 2.95. The number of hydrogen-bond acceptors (Lipinski definition) is 5. The lowest BCUT2D eigenvalue weighted by Gasteiger charge is -2.21. The third-order valence-electron chi connectivity index (χ3n) is 3.06. The summed E-state index contributed by atoms with van der Waals surface area (Å²) in [5, 5.41) is 21.7. The number of nitrogens with one attached hydrogen (secondary N) is 1. The SMILES string of the molecule is Cn1c(SCCCO)nnc1C1CCCNC1. The number of hydrogen-bond donors (Lipinski definition) is 2. The highest BCUT2D eigenvalue weighted by Crippen LogP contribution is 2.24. The van der Waals surface area contributed by atoms with Gasteiger partial charge in [-0.05, 0) is 25.8 Å². The summed E-state index contributed by atoms with van der Waals surface area (Å²) in [4.78, 5) is 0. The number of aliphatic hydroxyl groups is 1. The van der Waals surface area contributed by atoms with E-state index in [0.717, 1.165) is 36.2 Å². The molecule has 0 aromatic carbocycles. The number of piperidine rings is 1. The zero-order valence-corrected chi connectivity index (χ0v) is 11.0. The van der Waals surface area contributed by atoms with Gasteiger partial charge in [-0.2, -0.15) is 0 Å². The first-order chi connectivity index (χ1) is 8.33. The summed E-state index contributed by atoms with van der Waals surface area (Å²) in [5.74, 6) is 2.47. The van der Waals surface area contributed by atoms with Crippen LogP contribution in [-0.2, 0) is 7.05 Å². The number of aliphatic hydroxyl groups excluding tert-OH is 1. The van der Waals surface area contributed by atoms with Gasteiger partial charge >= 0.3 is 0 Å². The van der Waals surface area contributed by atoms with Crippen LogP contribution in [0.2, 0.25) is 0 Å². The molecule has 0 radical (unpaired) electrons. The lowest BCUT2D eigenvalue weighted by atomic mass is 9.99. The fraction of sp³-hybridized carbons (Fsp3) is 0.818. The zero-order valence-electron chi connectivity index (χ0n) is 10.2. The molecule has 0 aliphatic carbocycles. The van der Waals surface area contributed by atoms with Crippen molar-refractivity contribution in [2.24, 2.45) is 7.05 Å². The van der Waals surface area contributed by atoms with Crippen molar-refractivity contribution in [3.8, 4) is 0 Å². The van der Waals surface area contributed by atoms with Crippen molar-refractivity contribution in [2.45, 2.75) is 30.3 Å². The zero-order chi connectivity index (χ0) is 12.1. The highest BCUT2D eigenvalue weighted by atomic mass is 32.2. The van der Waals surface area contributed by atoms with Gasteiger partial charge in [0.05, 0.1) is 0 Å². The second kappa shape index (κ2) is 6.37. The molecule has 1 aromatic rings. The van der Waals surface area contributed by atoms with Crippen molar-refractivity contribution in [1.82, 2.24) is 20.1 Å². The summed E-state index contributed by atoms with van der Waals surface area (Å²) in [5.41, 5.74) is 0. The number of thioether (sulfide) groups is 1. The Morgan fingerprint density at radius 3 is 3.12 bits per heavy atom. The minimum absolute atomic E-state index is 0.240. The summed E-state index contributed by atoms with van der Waals surface area (Å²) in [7, 11) is 2.03. The third-order valence-corrected chi connectivity index (χ3v) is 4.17. The molecule has 96 valence electrons. The number of rotatable bonds is 5. The van der Waals surface area contributed by atoms with Gasteiger partial charge in [-0.3, -0.25) is 0 Å². The minimum atomic E-state index is 0.240. The molecule has 1 atom stereocenters. The van der Waals surface area contributed by atoms with Gasteiger partial charge in [-0.15, -0.1) is 10.2 Å². The van der Waals surface area contributed by atoms with Crippen molar-refractivity contribution in [3.63, 3.8) is 0 Å². The second-order valence-electron chi connectivity index (χ2n) is 4.37. The molecule has 1 aromatic heterocycles. The topological polar surface area (TPSA) is 63.0 Å². The van der Waals surface area contributed by atoms with Crippen LogP contribution in [0.4, 0.5) is 0 Å². The Bertz CT molecular complexity index is 349. The maximum atomic E-state index is 8.76. The van der Waals surface area contributed by atoms with E-state index in [4.69, 9.17) is 5.11 Å². The van der Waals surface area contributed by atoms with Gasteiger partial charge in [0.25, 0.3) is 0 Å². The molecule has 1 unspecified atom stereocenters. The Labute approximate surface area is 106 Å². The summed E-state index contributed by atoms with van der Waals surface area (Å²) in [6.45, 7) is 2.37. The summed E-state index contributed by atoms with van der Waals surface area (Å²) in [6.07, 6.45) is 3.21.